The standard InChI is InChI=1S/C18H21NO3/c1-13-6-7-17(14(2)10-13)22-9-8-18(21)19-16-5-3-4-15(11-16)12-20/h3-7,10-11,20H,8-9,12H2,1-2H3,(H,19,21). The van der Waals surface area contributed by atoms with Crippen molar-refractivity contribution in [3.05, 3.63) is 59.2 Å². The van der Waals surface area contributed by atoms with Crippen molar-refractivity contribution in [3.8, 4) is 5.75 Å². The Balaban J connectivity index is 1.82. The fourth-order valence-electron chi connectivity index (χ4n) is 2.19. The normalized spacial score (nSPS) is 10.3. The van der Waals surface area contributed by atoms with Gasteiger partial charge in [-0.3, -0.25) is 4.79 Å². The molecule has 0 bridgehead atoms. The van der Waals surface area contributed by atoms with E-state index in [2.05, 4.69) is 11.4 Å². The van der Waals surface area contributed by atoms with Crippen LogP contribution in [0.15, 0.2) is 42.5 Å². The molecule has 0 aliphatic carbocycles. The first-order valence-corrected chi connectivity index (χ1v) is 7.28. The van der Waals surface area contributed by atoms with Crippen molar-refractivity contribution in [2.75, 3.05) is 11.9 Å². The van der Waals surface area contributed by atoms with Crippen LogP contribution in [-0.2, 0) is 11.4 Å². The van der Waals surface area contributed by atoms with E-state index in [1.807, 2.05) is 26.0 Å². The van der Waals surface area contributed by atoms with Crippen LogP contribution in [0.25, 0.3) is 0 Å². The molecule has 2 rings (SSSR count). The largest absolute Gasteiger partial charge is 0.493 e. The Morgan fingerprint density at radius 3 is 2.73 bits per heavy atom. The van der Waals surface area contributed by atoms with Gasteiger partial charge < -0.3 is 15.2 Å². The molecule has 0 atom stereocenters. The van der Waals surface area contributed by atoms with Crippen LogP contribution in [-0.4, -0.2) is 17.6 Å². The summed E-state index contributed by atoms with van der Waals surface area (Å²) in [4.78, 5) is 11.9. The third-order valence-corrected chi connectivity index (χ3v) is 3.31. The van der Waals surface area contributed by atoms with E-state index in [1.54, 1.807) is 24.3 Å². The van der Waals surface area contributed by atoms with E-state index in [0.717, 1.165) is 16.9 Å². The zero-order chi connectivity index (χ0) is 15.9. The summed E-state index contributed by atoms with van der Waals surface area (Å²) in [5.74, 6) is 0.695. The van der Waals surface area contributed by atoms with Crippen LogP contribution in [0.3, 0.4) is 0 Å². The van der Waals surface area contributed by atoms with Gasteiger partial charge in [-0.2, -0.15) is 0 Å². The Morgan fingerprint density at radius 1 is 1.18 bits per heavy atom. The van der Waals surface area contributed by atoms with Crippen molar-refractivity contribution < 1.29 is 14.6 Å². The highest BCUT2D eigenvalue weighted by molar-refractivity contribution is 5.90. The summed E-state index contributed by atoms with van der Waals surface area (Å²) >= 11 is 0. The van der Waals surface area contributed by atoms with Crippen LogP contribution in [0.5, 0.6) is 5.75 Å². The molecule has 0 saturated carbocycles. The number of amides is 1. The number of hydrogen-bond donors (Lipinski definition) is 2. The molecule has 0 saturated heterocycles. The topological polar surface area (TPSA) is 58.6 Å². The summed E-state index contributed by atoms with van der Waals surface area (Å²) in [7, 11) is 0. The van der Waals surface area contributed by atoms with E-state index in [1.165, 1.54) is 5.56 Å². The molecule has 1 amide bonds. The van der Waals surface area contributed by atoms with Gasteiger partial charge in [-0.1, -0.05) is 29.8 Å². The van der Waals surface area contributed by atoms with Gasteiger partial charge in [-0.15, -0.1) is 0 Å². The van der Waals surface area contributed by atoms with Crippen LogP contribution < -0.4 is 10.1 Å². The van der Waals surface area contributed by atoms with Crippen LogP contribution in [0.2, 0.25) is 0 Å². The second kappa shape index (κ2) is 7.61. The van der Waals surface area contributed by atoms with Gasteiger partial charge in [0.2, 0.25) is 5.91 Å². The first-order chi connectivity index (χ1) is 10.6. The summed E-state index contributed by atoms with van der Waals surface area (Å²) in [5.41, 5.74) is 3.70. The van der Waals surface area contributed by atoms with E-state index in [4.69, 9.17) is 9.84 Å². The van der Waals surface area contributed by atoms with Crippen LogP contribution in [0, 0.1) is 13.8 Å². The first-order valence-electron chi connectivity index (χ1n) is 7.28. The highest BCUT2D eigenvalue weighted by Crippen LogP contribution is 2.19. The Morgan fingerprint density at radius 2 is 2.00 bits per heavy atom. The van der Waals surface area contributed by atoms with E-state index in [0.29, 0.717) is 12.3 Å². The maximum atomic E-state index is 11.9. The lowest BCUT2D eigenvalue weighted by Gasteiger charge is -2.10. The summed E-state index contributed by atoms with van der Waals surface area (Å²) in [6.45, 7) is 4.31. The number of hydrogen-bond acceptors (Lipinski definition) is 3. The molecule has 2 aromatic carbocycles. The Bertz CT molecular complexity index is 653. The number of nitrogens with one attached hydrogen (secondary N) is 1. The van der Waals surface area contributed by atoms with E-state index in [9.17, 15) is 4.79 Å². The highest BCUT2D eigenvalue weighted by atomic mass is 16.5. The molecule has 0 radical (unpaired) electrons. The molecule has 4 heteroatoms. The number of ether oxygens (including phenoxy) is 1. The molecule has 2 N–H and O–H groups in total. The van der Waals surface area contributed by atoms with E-state index in [-0.39, 0.29) is 18.9 Å². The predicted molar refractivity (Wildman–Crippen MR) is 87.0 cm³/mol. The quantitative estimate of drug-likeness (QED) is 0.861. The van der Waals surface area contributed by atoms with Gasteiger partial charge in [0.05, 0.1) is 19.6 Å². The molecule has 0 spiro atoms. The Kier molecular flexibility index (Phi) is 5.55. The van der Waals surface area contributed by atoms with Crippen molar-refractivity contribution in [1.82, 2.24) is 0 Å². The fourth-order valence-corrected chi connectivity index (χ4v) is 2.19. The number of aliphatic hydroxyl groups is 1. The second-order valence-corrected chi connectivity index (χ2v) is 5.27. The average Bonchev–Trinajstić information content (AvgIpc) is 2.49. The third kappa shape index (κ3) is 4.60. The molecule has 0 aliphatic heterocycles. The lowest BCUT2D eigenvalue weighted by molar-refractivity contribution is -0.116. The molecule has 4 nitrogen and oxygen atoms in total. The lowest BCUT2D eigenvalue weighted by atomic mass is 10.1. The number of carbonyl (C=O) groups is 1. The SMILES string of the molecule is Cc1ccc(OCCC(=O)Nc2cccc(CO)c2)c(C)c1. The maximum Gasteiger partial charge on any atom is 0.227 e. The van der Waals surface area contributed by atoms with E-state index >= 15 is 0 Å². The molecule has 22 heavy (non-hydrogen) atoms. The zero-order valence-electron chi connectivity index (χ0n) is 12.9. The van der Waals surface area contributed by atoms with Gasteiger partial charge in [0.1, 0.15) is 5.75 Å². The maximum absolute atomic E-state index is 11.9. The lowest BCUT2D eigenvalue weighted by Crippen LogP contribution is -2.15. The van der Waals surface area contributed by atoms with Gasteiger partial charge in [0, 0.05) is 5.69 Å². The Hall–Kier alpha value is -2.33. The number of anilines is 1. The summed E-state index contributed by atoms with van der Waals surface area (Å²) in [6, 6.07) is 13.1. The monoisotopic (exact) mass is 299 g/mol. The number of rotatable bonds is 6. The molecule has 0 aliphatic rings. The van der Waals surface area contributed by atoms with Gasteiger partial charge in [0.25, 0.3) is 0 Å². The van der Waals surface area contributed by atoms with Crippen molar-refractivity contribution in [3.63, 3.8) is 0 Å². The number of carbonyl (C=O) groups excluding carboxylic acids is 1. The van der Waals surface area contributed by atoms with Crippen molar-refractivity contribution in [1.29, 1.82) is 0 Å². The van der Waals surface area contributed by atoms with Crippen molar-refractivity contribution in [2.24, 2.45) is 0 Å². The van der Waals surface area contributed by atoms with Crippen molar-refractivity contribution in [2.45, 2.75) is 26.9 Å². The van der Waals surface area contributed by atoms with Crippen molar-refractivity contribution >= 4 is 11.6 Å². The minimum absolute atomic E-state index is 0.0421. The summed E-state index contributed by atoms with van der Waals surface area (Å²) in [5, 5.41) is 11.9. The third-order valence-electron chi connectivity index (χ3n) is 3.31. The average molecular weight is 299 g/mol. The highest BCUT2D eigenvalue weighted by Gasteiger charge is 2.05. The minimum Gasteiger partial charge on any atom is -0.493 e. The number of aliphatic hydroxyl groups excluding tert-OH is 1. The number of aryl methyl sites for hydroxylation is 2. The van der Waals surface area contributed by atoms with Crippen LogP contribution >= 0.6 is 0 Å². The fraction of sp³-hybridized carbons (Fsp3) is 0.278. The molecule has 116 valence electrons. The van der Waals surface area contributed by atoms with Gasteiger partial charge in [0.15, 0.2) is 0 Å². The van der Waals surface area contributed by atoms with Crippen LogP contribution in [0.4, 0.5) is 5.69 Å². The molecule has 0 heterocycles. The van der Waals surface area contributed by atoms with Gasteiger partial charge in [-0.05, 0) is 43.2 Å². The number of benzene rings is 2. The smallest absolute Gasteiger partial charge is 0.227 e. The molecule has 0 fully saturated rings. The Labute approximate surface area is 130 Å². The summed E-state index contributed by atoms with van der Waals surface area (Å²) < 4.78 is 5.64. The van der Waals surface area contributed by atoms with Crippen LogP contribution in [0.1, 0.15) is 23.1 Å². The molecular formula is C18H21NO3. The van der Waals surface area contributed by atoms with Gasteiger partial charge in [-0.25, -0.2) is 0 Å². The molecular weight excluding hydrogens is 278 g/mol. The minimum atomic E-state index is -0.111. The zero-order valence-corrected chi connectivity index (χ0v) is 12.9. The molecule has 0 unspecified atom stereocenters. The first kappa shape index (κ1) is 16.0. The molecule has 2 aromatic rings. The predicted octanol–water partition coefficient (Wildman–Crippen LogP) is 3.20. The summed E-state index contributed by atoms with van der Waals surface area (Å²) in [6.07, 6.45) is 0.274. The molecule has 0 aromatic heterocycles. The van der Waals surface area contributed by atoms with Gasteiger partial charge >= 0.3 is 0 Å². The van der Waals surface area contributed by atoms with E-state index < -0.39 is 0 Å². The second-order valence-electron chi connectivity index (χ2n) is 5.27.